The first-order valence-electron chi connectivity index (χ1n) is 5.18. The molecular weight excluding hydrogens is 184 g/mol. The molecule has 78 valence electrons. The molecule has 15 heavy (non-hydrogen) atoms. The van der Waals surface area contributed by atoms with Crippen molar-refractivity contribution in [3.63, 3.8) is 0 Å². The Bertz CT molecular complexity index is 469. The maximum Gasteiger partial charge on any atom is 0.0705 e. The highest BCUT2D eigenvalue weighted by Crippen LogP contribution is 2.26. The fourth-order valence-corrected chi connectivity index (χ4v) is 1.78. The molecule has 0 fully saturated rings. The zero-order valence-electron chi connectivity index (χ0n) is 9.41. The summed E-state index contributed by atoms with van der Waals surface area (Å²) in [7, 11) is 1.98. The summed E-state index contributed by atoms with van der Waals surface area (Å²) in [5.41, 5.74) is 2.32. The largest absolute Gasteiger partial charge is 0.311 e. The first-order chi connectivity index (χ1) is 7.15. The van der Waals surface area contributed by atoms with Crippen LogP contribution in [0.4, 0.5) is 0 Å². The van der Waals surface area contributed by atoms with E-state index in [9.17, 15) is 0 Å². The van der Waals surface area contributed by atoms with Crippen molar-refractivity contribution in [2.75, 3.05) is 7.05 Å². The van der Waals surface area contributed by atoms with Gasteiger partial charge >= 0.3 is 0 Å². The van der Waals surface area contributed by atoms with Gasteiger partial charge in [-0.1, -0.05) is 18.2 Å². The summed E-state index contributed by atoms with van der Waals surface area (Å²) in [5, 5.41) is 4.54. The normalized spacial score (nSPS) is 11.9. The Labute approximate surface area is 90.3 Å². The van der Waals surface area contributed by atoms with Gasteiger partial charge in [-0.05, 0) is 38.6 Å². The SMILES string of the molecule is CNC(C)(C)c1ccnc2ccccc12. The highest BCUT2D eigenvalue weighted by atomic mass is 14.9. The van der Waals surface area contributed by atoms with E-state index in [4.69, 9.17) is 0 Å². The maximum absolute atomic E-state index is 4.36. The van der Waals surface area contributed by atoms with Gasteiger partial charge in [0.05, 0.1) is 5.52 Å². The topological polar surface area (TPSA) is 24.9 Å². The molecule has 0 spiro atoms. The number of aromatic nitrogens is 1. The number of hydrogen-bond acceptors (Lipinski definition) is 2. The molecule has 2 aromatic rings. The van der Waals surface area contributed by atoms with Gasteiger partial charge in [-0.2, -0.15) is 0 Å². The van der Waals surface area contributed by atoms with E-state index in [-0.39, 0.29) is 5.54 Å². The van der Waals surface area contributed by atoms with Crippen molar-refractivity contribution in [3.05, 3.63) is 42.1 Å². The monoisotopic (exact) mass is 200 g/mol. The molecule has 0 aliphatic carbocycles. The molecule has 0 radical (unpaired) electrons. The predicted molar refractivity (Wildman–Crippen MR) is 63.8 cm³/mol. The van der Waals surface area contributed by atoms with Gasteiger partial charge in [-0.3, -0.25) is 4.98 Å². The minimum atomic E-state index is -0.0253. The van der Waals surface area contributed by atoms with Crippen molar-refractivity contribution in [2.24, 2.45) is 0 Å². The molecule has 0 bridgehead atoms. The van der Waals surface area contributed by atoms with Crippen LogP contribution in [0.1, 0.15) is 19.4 Å². The smallest absolute Gasteiger partial charge is 0.0705 e. The minimum absolute atomic E-state index is 0.0253. The van der Waals surface area contributed by atoms with Gasteiger partial charge in [0.2, 0.25) is 0 Å². The van der Waals surface area contributed by atoms with E-state index in [0.717, 1.165) is 5.52 Å². The summed E-state index contributed by atoms with van der Waals surface area (Å²) in [5.74, 6) is 0. The zero-order valence-corrected chi connectivity index (χ0v) is 9.41. The number of benzene rings is 1. The Morgan fingerprint density at radius 1 is 1.13 bits per heavy atom. The molecule has 2 nitrogen and oxygen atoms in total. The second-order valence-corrected chi connectivity index (χ2v) is 4.25. The van der Waals surface area contributed by atoms with Crippen LogP contribution in [0, 0.1) is 0 Å². The Morgan fingerprint density at radius 2 is 1.87 bits per heavy atom. The molecular formula is C13H16N2. The van der Waals surface area contributed by atoms with Gasteiger partial charge in [-0.25, -0.2) is 0 Å². The van der Waals surface area contributed by atoms with Crippen LogP contribution >= 0.6 is 0 Å². The number of fused-ring (bicyclic) bond motifs is 1. The molecule has 0 atom stereocenters. The van der Waals surface area contributed by atoms with Gasteiger partial charge < -0.3 is 5.32 Å². The Hall–Kier alpha value is -1.41. The molecule has 2 rings (SSSR count). The van der Waals surface area contributed by atoms with Crippen molar-refractivity contribution >= 4 is 10.9 Å². The third-order valence-electron chi connectivity index (χ3n) is 2.95. The molecule has 2 heteroatoms. The van der Waals surface area contributed by atoms with Gasteiger partial charge in [0.15, 0.2) is 0 Å². The van der Waals surface area contributed by atoms with E-state index < -0.39 is 0 Å². The van der Waals surface area contributed by atoms with Crippen LogP contribution in [0.2, 0.25) is 0 Å². The summed E-state index contributed by atoms with van der Waals surface area (Å²) in [4.78, 5) is 4.36. The average Bonchev–Trinajstić information content (AvgIpc) is 2.28. The summed E-state index contributed by atoms with van der Waals surface area (Å²) in [6.45, 7) is 4.35. The molecule has 0 amide bonds. The van der Waals surface area contributed by atoms with Crippen LogP contribution in [-0.4, -0.2) is 12.0 Å². The molecule has 0 aliphatic rings. The van der Waals surface area contributed by atoms with Crippen molar-refractivity contribution in [1.29, 1.82) is 0 Å². The van der Waals surface area contributed by atoms with E-state index in [0.29, 0.717) is 0 Å². The van der Waals surface area contributed by atoms with Gasteiger partial charge in [0, 0.05) is 17.1 Å². The fraction of sp³-hybridized carbons (Fsp3) is 0.308. The molecule has 1 aromatic heterocycles. The third-order valence-corrected chi connectivity index (χ3v) is 2.95. The minimum Gasteiger partial charge on any atom is -0.311 e. The summed E-state index contributed by atoms with van der Waals surface area (Å²) in [6.07, 6.45) is 1.87. The molecule has 1 aromatic carbocycles. The third kappa shape index (κ3) is 1.73. The summed E-state index contributed by atoms with van der Waals surface area (Å²) < 4.78 is 0. The fourth-order valence-electron chi connectivity index (χ4n) is 1.78. The van der Waals surface area contributed by atoms with Crippen molar-refractivity contribution in [2.45, 2.75) is 19.4 Å². The van der Waals surface area contributed by atoms with Gasteiger partial charge in [0.25, 0.3) is 0 Å². The summed E-state index contributed by atoms with van der Waals surface area (Å²) in [6, 6.07) is 10.3. The Kier molecular flexibility index (Phi) is 2.45. The highest BCUT2D eigenvalue weighted by Gasteiger charge is 2.19. The number of para-hydroxylation sites is 1. The standard InChI is InChI=1S/C13H16N2/c1-13(2,14-3)11-8-9-15-12-7-5-4-6-10(11)12/h4-9,14H,1-3H3. The predicted octanol–water partition coefficient (Wildman–Crippen LogP) is 2.69. The number of hydrogen-bond donors (Lipinski definition) is 1. The molecule has 0 saturated carbocycles. The first kappa shape index (κ1) is 10.1. The second kappa shape index (κ2) is 3.63. The Morgan fingerprint density at radius 3 is 2.60 bits per heavy atom. The zero-order chi connectivity index (χ0) is 10.9. The van der Waals surface area contributed by atoms with E-state index >= 15 is 0 Å². The maximum atomic E-state index is 4.36. The lowest BCUT2D eigenvalue weighted by atomic mass is 9.92. The van der Waals surface area contributed by atoms with Crippen LogP contribution in [-0.2, 0) is 5.54 Å². The van der Waals surface area contributed by atoms with Crippen LogP contribution in [0.3, 0.4) is 0 Å². The number of pyridine rings is 1. The van der Waals surface area contributed by atoms with Gasteiger partial charge in [0.1, 0.15) is 0 Å². The van der Waals surface area contributed by atoms with Crippen LogP contribution < -0.4 is 5.32 Å². The highest BCUT2D eigenvalue weighted by molar-refractivity contribution is 5.82. The second-order valence-electron chi connectivity index (χ2n) is 4.25. The number of rotatable bonds is 2. The molecule has 1 N–H and O–H groups in total. The number of nitrogens with one attached hydrogen (secondary N) is 1. The molecule has 0 unspecified atom stereocenters. The molecule has 0 saturated heterocycles. The van der Waals surface area contributed by atoms with Crippen molar-refractivity contribution in [3.8, 4) is 0 Å². The van der Waals surface area contributed by atoms with E-state index in [1.54, 1.807) is 0 Å². The first-order valence-corrected chi connectivity index (χ1v) is 5.18. The average molecular weight is 200 g/mol. The van der Waals surface area contributed by atoms with Gasteiger partial charge in [-0.15, -0.1) is 0 Å². The lowest BCUT2D eigenvalue weighted by molar-refractivity contribution is 0.448. The van der Waals surface area contributed by atoms with Crippen molar-refractivity contribution < 1.29 is 0 Å². The Balaban J connectivity index is 2.71. The quantitative estimate of drug-likeness (QED) is 0.806. The summed E-state index contributed by atoms with van der Waals surface area (Å²) >= 11 is 0. The number of nitrogens with zero attached hydrogens (tertiary/aromatic N) is 1. The van der Waals surface area contributed by atoms with E-state index in [2.05, 4.69) is 42.3 Å². The van der Waals surface area contributed by atoms with E-state index in [1.165, 1.54) is 10.9 Å². The van der Waals surface area contributed by atoms with Crippen LogP contribution in [0.25, 0.3) is 10.9 Å². The molecule has 1 heterocycles. The van der Waals surface area contributed by atoms with E-state index in [1.807, 2.05) is 25.4 Å². The molecule has 0 aliphatic heterocycles. The van der Waals surface area contributed by atoms with Crippen molar-refractivity contribution in [1.82, 2.24) is 10.3 Å². The van der Waals surface area contributed by atoms with Crippen LogP contribution in [0.15, 0.2) is 36.5 Å². The lowest BCUT2D eigenvalue weighted by Crippen LogP contribution is -2.33. The van der Waals surface area contributed by atoms with Crippen LogP contribution in [0.5, 0.6) is 0 Å². The lowest BCUT2D eigenvalue weighted by Gasteiger charge is -2.25.